The number of fused-ring (bicyclic) bond motifs is 1. The van der Waals surface area contributed by atoms with Crippen LogP contribution in [-0.2, 0) is 0 Å². The van der Waals surface area contributed by atoms with Crippen LogP contribution in [0, 0.1) is 12.7 Å². The van der Waals surface area contributed by atoms with Crippen LogP contribution in [0.3, 0.4) is 0 Å². The molecule has 0 aliphatic carbocycles. The lowest BCUT2D eigenvalue weighted by molar-refractivity contribution is 0.103. The molecule has 2 aromatic carbocycles. The Hall–Kier alpha value is -3.67. The highest BCUT2D eigenvalue weighted by atomic mass is 19.1. The van der Waals surface area contributed by atoms with Crippen molar-refractivity contribution >= 4 is 22.5 Å². The summed E-state index contributed by atoms with van der Waals surface area (Å²) in [6, 6.07) is 12.7. The first-order chi connectivity index (χ1) is 13.0. The van der Waals surface area contributed by atoms with E-state index in [1.165, 1.54) is 12.1 Å². The molecule has 4 rings (SSSR count). The predicted molar refractivity (Wildman–Crippen MR) is 102 cm³/mol. The van der Waals surface area contributed by atoms with Gasteiger partial charge in [-0.1, -0.05) is 6.07 Å². The number of pyridine rings is 1. The number of carbonyl (C=O) groups excluding carboxylic acids is 1. The van der Waals surface area contributed by atoms with Crippen molar-refractivity contribution in [2.45, 2.75) is 6.92 Å². The molecule has 6 heteroatoms. The van der Waals surface area contributed by atoms with Crippen LogP contribution in [0.4, 0.5) is 10.1 Å². The smallest absolute Gasteiger partial charge is 0.195 e. The molecule has 0 unspecified atom stereocenters. The largest absolute Gasteiger partial charge is 0.457 e. The maximum Gasteiger partial charge on any atom is 0.195 e. The summed E-state index contributed by atoms with van der Waals surface area (Å²) in [5, 5.41) is 0.613. The van der Waals surface area contributed by atoms with Gasteiger partial charge >= 0.3 is 0 Å². The van der Waals surface area contributed by atoms with Crippen LogP contribution in [-0.4, -0.2) is 15.8 Å². The Balaban J connectivity index is 1.67. The van der Waals surface area contributed by atoms with Crippen LogP contribution < -0.4 is 10.5 Å². The van der Waals surface area contributed by atoms with E-state index in [1.54, 1.807) is 48.8 Å². The second-order valence-electron chi connectivity index (χ2n) is 6.19. The number of nitrogens with one attached hydrogen (secondary N) is 1. The minimum Gasteiger partial charge on any atom is -0.457 e. The highest BCUT2D eigenvalue weighted by Gasteiger charge is 2.18. The molecule has 0 bridgehead atoms. The number of H-pyrrole nitrogens is 1. The normalized spacial score (nSPS) is 10.9. The van der Waals surface area contributed by atoms with Crippen LogP contribution in [0.2, 0.25) is 0 Å². The zero-order valence-electron chi connectivity index (χ0n) is 14.5. The maximum atomic E-state index is 13.3. The first kappa shape index (κ1) is 16.8. The first-order valence-electron chi connectivity index (χ1n) is 8.33. The Morgan fingerprint density at radius 3 is 2.70 bits per heavy atom. The molecule has 0 fully saturated rings. The molecule has 0 saturated carbocycles. The van der Waals surface area contributed by atoms with Gasteiger partial charge in [0.15, 0.2) is 5.78 Å². The predicted octanol–water partition coefficient (Wildman–Crippen LogP) is 4.62. The molecule has 4 aromatic rings. The summed E-state index contributed by atoms with van der Waals surface area (Å²) in [6.07, 6.45) is 3.21. The van der Waals surface area contributed by atoms with Crippen molar-refractivity contribution in [1.29, 1.82) is 0 Å². The quantitative estimate of drug-likeness (QED) is 0.520. The highest BCUT2D eigenvalue weighted by molar-refractivity contribution is 6.18. The Kier molecular flexibility index (Phi) is 4.08. The van der Waals surface area contributed by atoms with Gasteiger partial charge in [-0.2, -0.15) is 0 Å². The van der Waals surface area contributed by atoms with Gasteiger partial charge in [0, 0.05) is 29.7 Å². The number of nitrogen functional groups attached to an aromatic ring is 1. The number of aryl methyl sites for hydroxylation is 1. The van der Waals surface area contributed by atoms with Crippen molar-refractivity contribution in [3.05, 3.63) is 83.4 Å². The zero-order valence-corrected chi connectivity index (χ0v) is 14.5. The van der Waals surface area contributed by atoms with E-state index in [1.807, 2.05) is 6.92 Å². The summed E-state index contributed by atoms with van der Waals surface area (Å²) in [7, 11) is 0. The number of ether oxygens (including phenoxy) is 1. The molecular formula is C21H16FN3O2. The van der Waals surface area contributed by atoms with Crippen LogP contribution in [0.25, 0.3) is 11.0 Å². The maximum absolute atomic E-state index is 13.3. The zero-order chi connectivity index (χ0) is 19.0. The van der Waals surface area contributed by atoms with Crippen molar-refractivity contribution in [2.75, 3.05) is 5.73 Å². The van der Waals surface area contributed by atoms with Crippen LogP contribution in [0.1, 0.15) is 21.5 Å². The van der Waals surface area contributed by atoms with Gasteiger partial charge in [0.1, 0.15) is 23.0 Å². The number of benzene rings is 2. The van der Waals surface area contributed by atoms with Crippen molar-refractivity contribution in [3.63, 3.8) is 0 Å². The van der Waals surface area contributed by atoms with Crippen molar-refractivity contribution in [1.82, 2.24) is 9.97 Å². The Labute approximate surface area is 154 Å². The van der Waals surface area contributed by atoms with E-state index < -0.39 is 0 Å². The number of hydrogen-bond donors (Lipinski definition) is 2. The lowest BCUT2D eigenvalue weighted by Crippen LogP contribution is -2.04. The summed E-state index contributed by atoms with van der Waals surface area (Å²) in [4.78, 5) is 20.2. The third-order valence-electron chi connectivity index (χ3n) is 4.32. The molecule has 3 N–H and O–H groups in total. The fourth-order valence-corrected chi connectivity index (χ4v) is 3.03. The molecule has 2 heterocycles. The number of rotatable bonds is 4. The number of aromatic amines is 1. The molecule has 0 radical (unpaired) electrons. The molecule has 0 amide bonds. The number of halogens is 1. The molecule has 2 aromatic heterocycles. The van der Waals surface area contributed by atoms with Crippen molar-refractivity contribution in [3.8, 4) is 11.5 Å². The minimum atomic E-state index is -0.374. The second kappa shape index (κ2) is 6.57. The SMILES string of the molecule is Cc1cc(Oc2cccc(F)c2)ccc1C(=O)c1c[nH]c2nccc(N)c12. The monoisotopic (exact) mass is 361 g/mol. The number of nitrogens with two attached hydrogens (primary N) is 1. The number of nitrogens with zero attached hydrogens (tertiary/aromatic N) is 1. The van der Waals surface area contributed by atoms with E-state index in [9.17, 15) is 9.18 Å². The molecule has 0 aliphatic heterocycles. The lowest BCUT2D eigenvalue weighted by Gasteiger charge is -2.10. The van der Waals surface area contributed by atoms with Gasteiger partial charge in [0.2, 0.25) is 0 Å². The molecular weight excluding hydrogens is 345 g/mol. The van der Waals surface area contributed by atoms with Crippen molar-refractivity contribution < 1.29 is 13.9 Å². The van der Waals surface area contributed by atoms with Gasteiger partial charge < -0.3 is 15.5 Å². The third-order valence-corrected chi connectivity index (χ3v) is 4.32. The average Bonchev–Trinajstić information content (AvgIpc) is 3.07. The van der Waals surface area contributed by atoms with E-state index in [2.05, 4.69) is 9.97 Å². The Morgan fingerprint density at radius 1 is 1.11 bits per heavy atom. The van der Waals surface area contributed by atoms with Crippen LogP contribution in [0.15, 0.2) is 60.9 Å². The van der Waals surface area contributed by atoms with Gasteiger partial charge in [-0.3, -0.25) is 4.79 Å². The van der Waals surface area contributed by atoms with E-state index in [0.717, 1.165) is 5.56 Å². The van der Waals surface area contributed by atoms with Gasteiger partial charge in [0.05, 0.1) is 10.9 Å². The van der Waals surface area contributed by atoms with Gasteiger partial charge in [-0.15, -0.1) is 0 Å². The van der Waals surface area contributed by atoms with Crippen molar-refractivity contribution in [2.24, 2.45) is 0 Å². The molecule has 0 saturated heterocycles. The Bertz CT molecular complexity index is 1170. The summed E-state index contributed by atoms with van der Waals surface area (Å²) >= 11 is 0. The van der Waals surface area contributed by atoms with E-state index in [4.69, 9.17) is 10.5 Å². The van der Waals surface area contributed by atoms with E-state index in [0.29, 0.717) is 39.3 Å². The minimum absolute atomic E-state index is 0.157. The molecule has 134 valence electrons. The van der Waals surface area contributed by atoms with Gasteiger partial charge in [-0.25, -0.2) is 9.37 Å². The van der Waals surface area contributed by atoms with E-state index >= 15 is 0 Å². The molecule has 0 spiro atoms. The highest BCUT2D eigenvalue weighted by Crippen LogP contribution is 2.28. The third kappa shape index (κ3) is 3.13. The molecule has 0 atom stereocenters. The Morgan fingerprint density at radius 2 is 1.93 bits per heavy atom. The number of anilines is 1. The fraction of sp³-hybridized carbons (Fsp3) is 0.0476. The van der Waals surface area contributed by atoms with Crippen LogP contribution >= 0.6 is 0 Å². The molecule has 5 nitrogen and oxygen atoms in total. The van der Waals surface area contributed by atoms with E-state index in [-0.39, 0.29) is 11.6 Å². The molecule has 27 heavy (non-hydrogen) atoms. The second-order valence-corrected chi connectivity index (χ2v) is 6.19. The topological polar surface area (TPSA) is 81.0 Å². The lowest BCUT2D eigenvalue weighted by atomic mass is 9.98. The summed E-state index contributed by atoms with van der Waals surface area (Å²) in [5.41, 5.74) is 8.82. The summed E-state index contributed by atoms with van der Waals surface area (Å²) in [5.74, 6) is 0.385. The number of carbonyl (C=O) groups is 1. The average molecular weight is 361 g/mol. The number of ketones is 1. The van der Waals surface area contributed by atoms with Gasteiger partial charge in [-0.05, 0) is 48.9 Å². The van der Waals surface area contributed by atoms with Gasteiger partial charge in [0.25, 0.3) is 0 Å². The molecule has 0 aliphatic rings. The summed E-state index contributed by atoms with van der Waals surface area (Å²) in [6.45, 7) is 1.82. The number of hydrogen-bond acceptors (Lipinski definition) is 4. The fourth-order valence-electron chi connectivity index (χ4n) is 3.03. The first-order valence-corrected chi connectivity index (χ1v) is 8.33. The number of aromatic nitrogens is 2. The van der Waals surface area contributed by atoms with Crippen LogP contribution in [0.5, 0.6) is 11.5 Å². The standard InChI is InChI=1S/C21H16FN3O2/c1-12-9-15(27-14-4-2-3-13(22)10-14)5-6-16(12)20(26)17-11-25-21-19(17)18(23)7-8-24-21/h2-11H,1H3,(H3,23,24,25). The summed E-state index contributed by atoms with van der Waals surface area (Å²) < 4.78 is 19.0.